The smallest absolute Gasteiger partial charge is 0.327 e. The molecule has 6 nitrogen and oxygen atoms in total. The van der Waals surface area contributed by atoms with Gasteiger partial charge in [0.1, 0.15) is 23.9 Å². The topological polar surface area (TPSA) is 62.6 Å². The molecule has 0 radical (unpaired) electrons. The fraction of sp³-hybridized carbons (Fsp3) is 0.381. The molecule has 0 aliphatic carbocycles. The second kappa shape index (κ2) is 7.80. The van der Waals surface area contributed by atoms with Gasteiger partial charge in [-0.1, -0.05) is 17.7 Å². The molecule has 0 unspecified atom stereocenters. The molecule has 0 atom stereocenters. The number of nitrogens with zero attached hydrogens (tertiary/aromatic N) is 5. The number of aromatic amines is 1. The van der Waals surface area contributed by atoms with Gasteiger partial charge in [0.05, 0.1) is 5.52 Å². The number of nitrogens with one attached hydrogen (secondary N) is 1. The zero-order valence-electron chi connectivity index (χ0n) is 16.5. The third kappa shape index (κ3) is 3.99. The first-order valence-electron chi connectivity index (χ1n) is 10.1. The molecule has 1 fully saturated rings. The van der Waals surface area contributed by atoms with Crippen LogP contribution in [0.2, 0.25) is 5.15 Å². The summed E-state index contributed by atoms with van der Waals surface area (Å²) in [5.74, 6) is 0.486. The zero-order valence-corrected chi connectivity index (χ0v) is 17.3. The molecule has 4 aromatic rings. The van der Waals surface area contributed by atoms with Crippen LogP contribution in [-0.2, 0) is 13.1 Å². The van der Waals surface area contributed by atoms with E-state index in [0.29, 0.717) is 22.3 Å². The number of aromatic nitrogens is 5. The van der Waals surface area contributed by atoms with Crippen molar-refractivity contribution in [2.75, 3.05) is 13.1 Å². The van der Waals surface area contributed by atoms with E-state index in [1.165, 1.54) is 12.0 Å². The number of hydrogen-bond donors (Lipinski definition) is 1. The molecule has 1 saturated heterocycles. The van der Waals surface area contributed by atoms with E-state index in [1.54, 1.807) is 12.3 Å². The standard InChI is InChI=1S/C21H20ClF3N6/c22-20-19-18(26-12-27-20)15-9-13(1-2-17(15)31(19)11-21(23,24)25)10-30-7-4-14(5-8-30)16-3-6-28-29-16/h1-3,6,9,12,14H,4-5,7-8,10-11H2,(H,28,29). The van der Waals surface area contributed by atoms with E-state index in [0.717, 1.165) is 42.6 Å². The van der Waals surface area contributed by atoms with Crippen molar-refractivity contribution in [2.45, 2.75) is 38.0 Å². The average molecular weight is 449 g/mol. The zero-order chi connectivity index (χ0) is 21.6. The first kappa shape index (κ1) is 20.3. The molecule has 1 aromatic carbocycles. The van der Waals surface area contributed by atoms with E-state index in [1.807, 2.05) is 18.2 Å². The Morgan fingerprint density at radius 2 is 1.94 bits per heavy atom. The summed E-state index contributed by atoms with van der Waals surface area (Å²) in [5.41, 5.74) is 3.33. The van der Waals surface area contributed by atoms with E-state index in [2.05, 4.69) is 25.1 Å². The van der Waals surface area contributed by atoms with Crippen LogP contribution in [0.5, 0.6) is 0 Å². The molecule has 5 rings (SSSR count). The number of piperidine rings is 1. The van der Waals surface area contributed by atoms with Crippen LogP contribution in [0, 0.1) is 0 Å². The fourth-order valence-electron chi connectivity index (χ4n) is 4.52. The third-order valence-corrected chi connectivity index (χ3v) is 6.22. The van der Waals surface area contributed by atoms with Gasteiger partial charge in [0.15, 0.2) is 5.15 Å². The molecule has 0 spiro atoms. The highest BCUT2D eigenvalue weighted by Crippen LogP contribution is 2.34. The molecular formula is C21H20ClF3N6. The Morgan fingerprint density at radius 1 is 1.13 bits per heavy atom. The van der Waals surface area contributed by atoms with Gasteiger partial charge < -0.3 is 4.57 Å². The Balaban J connectivity index is 1.43. The van der Waals surface area contributed by atoms with Gasteiger partial charge >= 0.3 is 6.18 Å². The van der Waals surface area contributed by atoms with Gasteiger partial charge in [0.2, 0.25) is 0 Å². The normalized spacial score (nSPS) is 16.5. The molecule has 1 N–H and O–H groups in total. The molecule has 31 heavy (non-hydrogen) atoms. The van der Waals surface area contributed by atoms with E-state index >= 15 is 0 Å². The van der Waals surface area contributed by atoms with Crippen molar-refractivity contribution in [1.82, 2.24) is 29.6 Å². The predicted molar refractivity (Wildman–Crippen MR) is 112 cm³/mol. The maximum Gasteiger partial charge on any atom is 0.406 e. The van der Waals surface area contributed by atoms with Gasteiger partial charge in [-0.3, -0.25) is 10.00 Å². The van der Waals surface area contributed by atoms with E-state index < -0.39 is 12.7 Å². The van der Waals surface area contributed by atoms with Crippen molar-refractivity contribution >= 4 is 33.5 Å². The Morgan fingerprint density at radius 3 is 2.65 bits per heavy atom. The second-order valence-electron chi connectivity index (χ2n) is 7.98. The highest BCUT2D eigenvalue weighted by molar-refractivity contribution is 6.34. The van der Waals surface area contributed by atoms with Gasteiger partial charge in [0.25, 0.3) is 0 Å². The fourth-order valence-corrected chi connectivity index (χ4v) is 4.75. The Labute approximate surface area is 181 Å². The Bertz CT molecular complexity index is 1210. The first-order valence-corrected chi connectivity index (χ1v) is 10.5. The minimum Gasteiger partial charge on any atom is -0.327 e. The van der Waals surface area contributed by atoms with Crippen LogP contribution in [0.25, 0.3) is 21.9 Å². The van der Waals surface area contributed by atoms with E-state index in [4.69, 9.17) is 11.6 Å². The van der Waals surface area contributed by atoms with Crippen LogP contribution in [0.1, 0.15) is 30.0 Å². The highest BCUT2D eigenvalue weighted by Gasteiger charge is 2.31. The first-order chi connectivity index (χ1) is 14.9. The lowest BCUT2D eigenvalue weighted by molar-refractivity contribution is -0.139. The molecule has 0 saturated carbocycles. The van der Waals surface area contributed by atoms with E-state index in [-0.39, 0.29) is 10.7 Å². The average Bonchev–Trinajstić information content (AvgIpc) is 3.36. The Hall–Kier alpha value is -2.65. The number of H-pyrrole nitrogens is 1. The van der Waals surface area contributed by atoms with Crippen LogP contribution in [-0.4, -0.2) is 48.9 Å². The lowest BCUT2D eigenvalue weighted by Gasteiger charge is -2.31. The van der Waals surface area contributed by atoms with Gasteiger partial charge in [-0.2, -0.15) is 18.3 Å². The molecule has 162 valence electrons. The number of alkyl halides is 3. The molecule has 1 aliphatic heterocycles. The van der Waals surface area contributed by atoms with Gasteiger partial charge in [-0.15, -0.1) is 0 Å². The molecule has 0 bridgehead atoms. The molecule has 1 aliphatic rings. The molecule has 10 heteroatoms. The largest absolute Gasteiger partial charge is 0.406 e. The highest BCUT2D eigenvalue weighted by atomic mass is 35.5. The maximum absolute atomic E-state index is 13.2. The monoisotopic (exact) mass is 448 g/mol. The summed E-state index contributed by atoms with van der Waals surface area (Å²) in [5, 5.41) is 7.78. The van der Waals surface area contributed by atoms with E-state index in [9.17, 15) is 13.2 Å². The maximum atomic E-state index is 13.2. The molecular weight excluding hydrogens is 429 g/mol. The molecule has 3 aromatic heterocycles. The minimum atomic E-state index is -4.38. The van der Waals surface area contributed by atoms with Crippen molar-refractivity contribution < 1.29 is 13.2 Å². The number of likely N-dealkylation sites (tertiary alicyclic amines) is 1. The number of benzene rings is 1. The summed E-state index contributed by atoms with van der Waals surface area (Å²) < 4.78 is 40.8. The lowest BCUT2D eigenvalue weighted by Crippen LogP contribution is -2.32. The van der Waals surface area contributed by atoms with Crippen molar-refractivity contribution in [3.63, 3.8) is 0 Å². The van der Waals surface area contributed by atoms with Crippen LogP contribution in [0.3, 0.4) is 0 Å². The van der Waals surface area contributed by atoms with Gasteiger partial charge in [-0.25, -0.2) is 9.97 Å². The third-order valence-electron chi connectivity index (χ3n) is 5.95. The van der Waals surface area contributed by atoms with Crippen molar-refractivity contribution in [2.24, 2.45) is 0 Å². The number of fused-ring (bicyclic) bond motifs is 3. The van der Waals surface area contributed by atoms with Crippen LogP contribution in [0.4, 0.5) is 13.2 Å². The molecule has 4 heterocycles. The Kier molecular flexibility index (Phi) is 5.10. The van der Waals surface area contributed by atoms with Gasteiger partial charge in [-0.05, 0) is 49.7 Å². The van der Waals surface area contributed by atoms with Crippen molar-refractivity contribution in [3.05, 3.63) is 53.2 Å². The summed E-state index contributed by atoms with van der Waals surface area (Å²) >= 11 is 6.16. The predicted octanol–water partition coefficient (Wildman–Crippen LogP) is 4.90. The van der Waals surface area contributed by atoms with Crippen LogP contribution >= 0.6 is 11.6 Å². The van der Waals surface area contributed by atoms with Crippen LogP contribution < -0.4 is 0 Å². The van der Waals surface area contributed by atoms with Gasteiger partial charge in [0, 0.05) is 29.7 Å². The summed E-state index contributed by atoms with van der Waals surface area (Å²) in [6.45, 7) is 1.49. The minimum absolute atomic E-state index is 0.0212. The summed E-state index contributed by atoms with van der Waals surface area (Å²) in [7, 11) is 0. The SMILES string of the molecule is FC(F)(F)Cn1c2ccc(CN3CCC(c4ccn[nH]4)CC3)cc2c2ncnc(Cl)c21. The quantitative estimate of drug-likeness (QED) is 0.451. The van der Waals surface area contributed by atoms with Crippen molar-refractivity contribution in [1.29, 1.82) is 0 Å². The van der Waals surface area contributed by atoms with Crippen molar-refractivity contribution in [3.8, 4) is 0 Å². The number of hydrogen-bond acceptors (Lipinski definition) is 4. The summed E-state index contributed by atoms with van der Waals surface area (Å²) in [6, 6.07) is 7.56. The molecule has 0 amide bonds. The second-order valence-corrected chi connectivity index (χ2v) is 8.33. The number of halogens is 4. The van der Waals surface area contributed by atoms with Crippen LogP contribution in [0.15, 0.2) is 36.8 Å². The summed E-state index contributed by atoms with van der Waals surface area (Å²) in [4.78, 5) is 10.5. The summed E-state index contributed by atoms with van der Waals surface area (Å²) in [6.07, 6.45) is 0.767. The number of rotatable bonds is 4. The lowest BCUT2D eigenvalue weighted by atomic mass is 9.93.